The fourth-order valence-corrected chi connectivity index (χ4v) is 2.34. The SMILES string of the molecule is Cc1nnsc1C(=O)NC(=O)Nc1cc(C(F)(F)F)cc(C(F)(F)F)c1. The van der Waals surface area contributed by atoms with Crippen molar-refractivity contribution in [3.8, 4) is 0 Å². The zero-order valence-electron chi connectivity index (χ0n) is 12.6. The minimum absolute atomic E-state index is 0.0276. The maximum atomic E-state index is 12.8. The van der Waals surface area contributed by atoms with Gasteiger partial charge in [0.1, 0.15) is 4.88 Å². The van der Waals surface area contributed by atoms with Crippen LogP contribution in [0.4, 0.5) is 36.8 Å². The summed E-state index contributed by atoms with van der Waals surface area (Å²) >= 11 is 0.667. The average molecular weight is 398 g/mol. The number of amides is 3. The first-order chi connectivity index (χ1) is 11.9. The van der Waals surface area contributed by atoms with E-state index in [0.29, 0.717) is 23.7 Å². The maximum absolute atomic E-state index is 12.8. The van der Waals surface area contributed by atoms with Gasteiger partial charge in [-0.1, -0.05) is 4.49 Å². The Balaban J connectivity index is 2.24. The molecule has 0 aliphatic heterocycles. The highest BCUT2D eigenvalue weighted by molar-refractivity contribution is 7.08. The molecule has 0 aliphatic rings. The molecule has 0 aliphatic carbocycles. The number of imide groups is 1. The number of benzene rings is 1. The Morgan fingerprint density at radius 3 is 1.96 bits per heavy atom. The molecule has 1 aromatic heterocycles. The van der Waals surface area contributed by atoms with Crippen molar-refractivity contribution >= 4 is 29.2 Å². The molecule has 2 rings (SSSR count). The molecule has 140 valence electrons. The van der Waals surface area contributed by atoms with Gasteiger partial charge in [0.05, 0.1) is 16.8 Å². The molecule has 0 atom stereocenters. The van der Waals surface area contributed by atoms with Crippen LogP contribution < -0.4 is 10.6 Å². The molecule has 0 unspecified atom stereocenters. The predicted octanol–water partition coefficient (Wildman–Crippen LogP) is 3.85. The van der Waals surface area contributed by atoms with Crippen molar-refractivity contribution in [3.63, 3.8) is 0 Å². The summed E-state index contributed by atoms with van der Waals surface area (Å²) in [6.07, 6.45) is -10.1. The molecule has 26 heavy (non-hydrogen) atoms. The summed E-state index contributed by atoms with van der Waals surface area (Å²) in [6.45, 7) is 1.43. The van der Waals surface area contributed by atoms with Gasteiger partial charge in [0.25, 0.3) is 5.91 Å². The second-order valence-corrected chi connectivity index (χ2v) is 5.64. The number of anilines is 1. The van der Waals surface area contributed by atoms with Gasteiger partial charge in [0, 0.05) is 5.69 Å². The highest BCUT2D eigenvalue weighted by Crippen LogP contribution is 2.37. The van der Waals surface area contributed by atoms with Crippen LogP contribution in [-0.2, 0) is 12.4 Å². The Hall–Kier alpha value is -2.70. The molecular weight excluding hydrogens is 390 g/mol. The molecular formula is C13H8F6N4O2S. The zero-order valence-corrected chi connectivity index (χ0v) is 13.4. The summed E-state index contributed by atoms with van der Waals surface area (Å²) in [4.78, 5) is 23.5. The Labute approximate surface area is 145 Å². The van der Waals surface area contributed by atoms with Crippen molar-refractivity contribution in [1.29, 1.82) is 0 Å². The summed E-state index contributed by atoms with van der Waals surface area (Å²) < 4.78 is 80.0. The minimum atomic E-state index is -5.06. The highest BCUT2D eigenvalue weighted by Gasteiger charge is 2.37. The number of aromatic nitrogens is 2. The first-order valence-corrected chi connectivity index (χ1v) is 7.36. The van der Waals surface area contributed by atoms with Crippen molar-refractivity contribution in [2.24, 2.45) is 0 Å². The van der Waals surface area contributed by atoms with Gasteiger partial charge in [0.2, 0.25) is 0 Å². The Kier molecular flexibility index (Phi) is 5.21. The summed E-state index contributed by atoms with van der Waals surface area (Å²) in [5.41, 5.74) is -3.77. The lowest BCUT2D eigenvalue weighted by Gasteiger charge is -2.14. The molecule has 0 saturated carbocycles. The standard InChI is InChI=1S/C13H8F6N4O2S/c1-5-9(26-23-22-5)10(24)21-11(25)20-8-3-6(12(14,15)16)2-7(4-8)13(17,18)19/h2-4H,1H3,(H2,20,21,24,25). The monoisotopic (exact) mass is 398 g/mol. The maximum Gasteiger partial charge on any atom is 0.416 e. The van der Waals surface area contributed by atoms with Crippen LogP contribution in [0.25, 0.3) is 0 Å². The second kappa shape index (κ2) is 6.90. The van der Waals surface area contributed by atoms with Crippen LogP contribution >= 0.6 is 11.5 Å². The van der Waals surface area contributed by atoms with E-state index in [0.717, 1.165) is 0 Å². The smallest absolute Gasteiger partial charge is 0.308 e. The first-order valence-electron chi connectivity index (χ1n) is 6.58. The number of nitrogens with one attached hydrogen (secondary N) is 2. The van der Waals surface area contributed by atoms with Crippen LogP contribution in [0.2, 0.25) is 0 Å². The average Bonchev–Trinajstić information content (AvgIpc) is 2.91. The first kappa shape index (κ1) is 19.6. The number of hydrogen-bond donors (Lipinski definition) is 2. The Morgan fingerprint density at radius 2 is 1.54 bits per heavy atom. The van der Waals surface area contributed by atoms with Gasteiger partial charge in [-0.3, -0.25) is 10.1 Å². The third-order valence-electron chi connectivity index (χ3n) is 2.93. The molecule has 1 aromatic carbocycles. The van der Waals surface area contributed by atoms with Gasteiger partial charge in [-0.15, -0.1) is 5.10 Å². The van der Waals surface area contributed by atoms with E-state index in [1.807, 2.05) is 0 Å². The highest BCUT2D eigenvalue weighted by atomic mass is 32.1. The predicted molar refractivity (Wildman–Crippen MR) is 77.6 cm³/mol. The summed E-state index contributed by atoms with van der Waals surface area (Å²) in [6, 6.07) is -0.756. The van der Waals surface area contributed by atoms with Crippen LogP contribution in [0.3, 0.4) is 0 Å². The number of urea groups is 1. The molecule has 0 radical (unpaired) electrons. The molecule has 13 heteroatoms. The minimum Gasteiger partial charge on any atom is -0.308 e. The van der Waals surface area contributed by atoms with Crippen molar-refractivity contribution in [1.82, 2.24) is 14.9 Å². The molecule has 0 saturated heterocycles. The molecule has 0 bridgehead atoms. The number of nitrogens with zero attached hydrogens (tertiary/aromatic N) is 2. The normalized spacial score (nSPS) is 12.0. The van der Waals surface area contributed by atoms with Crippen molar-refractivity contribution in [2.75, 3.05) is 5.32 Å². The lowest BCUT2D eigenvalue weighted by Crippen LogP contribution is -2.34. The number of carbonyl (C=O) groups is 2. The van der Waals surface area contributed by atoms with Gasteiger partial charge in [-0.2, -0.15) is 26.3 Å². The number of alkyl halides is 6. The van der Waals surface area contributed by atoms with Crippen LogP contribution in [0, 0.1) is 6.92 Å². The number of aryl methyl sites for hydroxylation is 1. The molecule has 2 N–H and O–H groups in total. The fourth-order valence-electron chi connectivity index (χ4n) is 1.79. The summed E-state index contributed by atoms with van der Waals surface area (Å²) in [5.74, 6) is -0.946. The van der Waals surface area contributed by atoms with E-state index in [2.05, 4.69) is 9.59 Å². The van der Waals surface area contributed by atoms with E-state index in [-0.39, 0.29) is 16.6 Å². The number of carbonyl (C=O) groups excluding carboxylic acids is 2. The van der Waals surface area contributed by atoms with E-state index in [1.165, 1.54) is 6.92 Å². The zero-order chi connectivity index (χ0) is 19.7. The third kappa shape index (κ3) is 4.68. The fraction of sp³-hybridized carbons (Fsp3) is 0.231. The summed E-state index contributed by atoms with van der Waals surface area (Å²) in [7, 11) is 0. The Bertz CT molecular complexity index is 814. The van der Waals surface area contributed by atoms with E-state index < -0.39 is 41.1 Å². The van der Waals surface area contributed by atoms with Gasteiger partial charge in [-0.25, -0.2) is 4.79 Å². The van der Waals surface area contributed by atoms with E-state index in [4.69, 9.17) is 0 Å². The van der Waals surface area contributed by atoms with E-state index >= 15 is 0 Å². The largest absolute Gasteiger partial charge is 0.416 e. The van der Waals surface area contributed by atoms with Crippen molar-refractivity contribution < 1.29 is 35.9 Å². The van der Waals surface area contributed by atoms with Gasteiger partial charge >= 0.3 is 18.4 Å². The number of hydrogen-bond acceptors (Lipinski definition) is 5. The lowest BCUT2D eigenvalue weighted by molar-refractivity contribution is -0.143. The Morgan fingerprint density at radius 1 is 1.00 bits per heavy atom. The van der Waals surface area contributed by atoms with Crippen LogP contribution in [0.1, 0.15) is 26.5 Å². The molecule has 6 nitrogen and oxygen atoms in total. The van der Waals surface area contributed by atoms with Crippen LogP contribution in [-0.4, -0.2) is 21.5 Å². The second-order valence-electron chi connectivity index (χ2n) is 4.89. The van der Waals surface area contributed by atoms with Gasteiger partial charge in [0.15, 0.2) is 0 Å². The number of halogens is 6. The van der Waals surface area contributed by atoms with Crippen molar-refractivity contribution in [2.45, 2.75) is 19.3 Å². The molecule has 0 spiro atoms. The lowest BCUT2D eigenvalue weighted by atomic mass is 10.1. The quantitative estimate of drug-likeness (QED) is 0.753. The summed E-state index contributed by atoms with van der Waals surface area (Å²) in [5, 5.41) is 7.07. The van der Waals surface area contributed by atoms with Gasteiger partial charge in [-0.05, 0) is 36.7 Å². The van der Waals surface area contributed by atoms with E-state index in [9.17, 15) is 35.9 Å². The molecule has 3 amide bonds. The van der Waals surface area contributed by atoms with Crippen molar-refractivity contribution in [3.05, 3.63) is 39.9 Å². The molecule has 0 fully saturated rings. The van der Waals surface area contributed by atoms with E-state index in [1.54, 1.807) is 10.6 Å². The number of rotatable bonds is 2. The molecule has 2 aromatic rings. The van der Waals surface area contributed by atoms with Crippen LogP contribution in [0.5, 0.6) is 0 Å². The van der Waals surface area contributed by atoms with Gasteiger partial charge < -0.3 is 5.32 Å². The topological polar surface area (TPSA) is 84.0 Å². The third-order valence-corrected chi connectivity index (χ3v) is 3.76. The van der Waals surface area contributed by atoms with Crippen LogP contribution in [0.15, 0.2) is 18.2 Å². The molecule has 1 heterocycles.